The molecule has 0 saturated carbocycles. The van der Waals surface area contributed by atoms with E-state index in [-0.39, 0.29) is 5.69 Å². The molecule has 6 heteroatoms. The minimum Gasteiger partial charge on any atom is -0.303 e. The van der Waals surface area contributed by atoms with Crippen LogP contribution in [0.2, 0.25) is 0 Å². The monoisotopic (exact) mass is 302 g/mol. The van der Waals surface area contributed by atoms with Crippen LogP contribution < -0.4 is 5.56 Å². The van der Waals surface area contributed by atoms with Crippen molar-refractivity contribution < 1.29 is 4.39 Å². The second kappa shape index (κ2) is 4.10. The number of aryl methyl sites for hydroxylation is 2. The van der Waals surface area contributed by atoms with E-state index < -0.39 is 11.4 Å². The second-order valence-corrected chi connectivity index (χ2v) is 5.44. The maximum atomic E-state index is 13.1. The number of nitrogens with one attached hydrogen (secondary N) is 1. The lowest BCUT2D eigenvalue weighted by Crippen LogP contribution is -2.15. The molecule has 0 aliphatic rings. The summed E-state index contributed by atoms with van der Waals surface area (Å²) in [6.07, 6.45) is 0. The molecule has 0 radical (unpaired) electrons. The number of hydrogen-bond donors (Lipinski definition) is 1. The van der Waals surface area contributed by atoms with E-state index in [9.17, 15) is 9.18 Å². The van der Waals surface area contributed by atoms with Gasteiger partial charge in [0.05, 0.1) is 10.6 Å². The molecule has 2 aromatic heterocycles. The van der Waals surface area contributed by atoms with Crippen molar-refractivity contribution in [2.45, 2.75) is 13.8 Å². The highest BCUT2D eigenvalue weighted by Gasteiger charge is 2.11. The Bertz CT molecular complexity index is 586. The first-order chi connectivity index (χ1) is 7.49. The van der Waals surface area contributed by atoms with Crippen LogP contribution in [0.1, 0.15) is 10.6 Å². The van der Waals surface area contributed by atoms with Gasteiger partial charge in [-0.25, -0.2) is 4.98 Å². The molecule has 84 valence electrons. The molecule has 2 aromatic rings. The largest absolute Gasteiger partial charge is 0.303 e. The fourth-order valence-corrected chi connectivity index (χ4v) is 2.74. The normalized spacial score (nSPS) is 10.8. The molecular formula is C10H8BrFN2OS. The summed E-state index contributed by atoms with van der Waals surface area (Å²) in [4.78, 5) is 19.6. The number of rotatable bonds is 1. The Balaban J connectivity index is 2.61. The Labute approximate surface area is 103 Å². The molecule has 0 fully saturated rings. The number of halogens is 2. The maximum Gasteiger partial charge on any atom is 0.287 e. The summed E-state index contributed by atoms with van der Waals surface area (Å²) in [6, 6.07) is 1.86. The smallest absolute Gasteiger partial charge is 0.287 e. The standard InChI is InChI=1S/C10H8BrFN2OS/c1-4-8(12)10(15)14-9(13-4)7-3-6(11)5(2)16-7/h3H,1-2H3,(H,13,14,15). The van der Waals surface area contributed by atoms with Gasteiger partial charge in [-0.15, -0.1) is 11.3 Å². The Morgan fingerprint density at radius 2 is 2.19 bits per heavy atom. The van der Waals surface area contributed by atoms with Crippen LogP contribution in [-0.2, 0) is 0 Å². The summed E-state index contributed by atoms with van der Waals surface area (Å²) < 4.78 is 14.1. The Hall–Kier alpha value is -1.01. The van der Waals surface area contributed by atoms with E-state index >= 15 is 0 Å². The average Bonchev–Trinajstić information content (AvgIpc) is 2.55. The predicted octanol–water partition coefficient (Wildman–Crippen LogP) is 3.02. The Morgan fingerprint density at radius 1 is 1.50 bits per heavy atom. The van der Waals surface area contributed by atoms with Crippen molar-refractivity contribution in [3.8, 4) is 10.7 Å². The van der Waals surface area contributed by atoms with Crippen molar-refractivity contribution in [2.75, 3.05) is 0 Å². The zero-order chi connectivity index (χ0) is 11.9. The molecule has 0 saturated heterocycles. The lowest BCUT2D eigenvalue weighted by Gasteiger charge is -1.99. The fourth-order valence-electron chi connectivity index (χ4n) is 1.26. The van der Waals surface area contributed by atoms with E-state index in [2.05, 4.69) is 25.9 Å². The SMILES string of the molecule is Cc1nc(-c2cc(Br)c(C)s2)[nH]c(=O)c1F. The third kappa shape index (κ3) is 1.94. The lowest BCUT2D eigenvalue weighted by molar-refractivity contribution is 0.589. The highest BCUT2D eigenvalue weighted by atomic mass is 79.9. The van der Waals surface area contributed by atoms with E-state index in [4.69, 9.17) is 0 Å². The molecule has 0 spiro atoms. The van der Waals surface area contributed by atoms with Gasteiger partial charge in [0, 0.05) is 9.35 Å². The molecule has 0 unspecified atom stereocenters. The molecule has 16 heavy (non-hydrogen) atoms. The van der Waals surface area contributed by atoms with Crippen molar-refractivity contribution in [2.24, 2.45) is 0 Å². The highest BCUT2D eigenvalue weighted by molar-refractivity contribution is 9.10. The van der Waals surface area contributed by atoms with Crippen LogP contribution in [0.3, 0.4) is 0 Å². The number of aromatic nitrogens is 2. The summed E-state index contributed by atoms with van der Waals surface area (Å²) in [7, 11) is 0. The van der Waals surface area contributed by atoms with E-state index in [1.54, 1.807) is 0 Å². The van der Waals surface area contributed by atoms with Crippen molar-refractivity contribution in [3.63, 3.8) is 0 Å². The van der Waals surface area contributed by atoms with Crippen LogP contribution in [0.15, 0.2) is 15.3 Å². The van der Waals surface area contributed by atoms with Gasteiger partial charge in [0.2, 0.25) is 5.82 Å². The maximum absolute atomic E-state index is 13.1. The van der Waals surface area contributed by atoms with Crippen molar-refractivity contribution in [1.82, 2.24) is 9.97 Å². The number of thiophene rings is 1. The molecule has 2 rings (SSSR count). The first kappa shape index (κ1) is 11.5. The number of H-pyrrole nitrogens is 1. The average molecular weight is 303 g/mol. The molecule has 1 N–H and O–H groups in total. The van der Waals surface area contributed by atoms with Crippen molar-refractivity contribution in [3.05, 3.63) is 37.3 Å². The minimum atomic E-state index is -0.823. The molecule has 0 aromatic carbocycles. The summed E-state index contributed by atoms with van der Waals surface area (Å²) in [6.45, 7) is 3.43. The number of hydrogen-bond acceptors (Lipinski definition) is 3. The van der Waals surface area contributed by atoms with Gasteiger partial charge in [-0.1, -0.05) is 0 Å². The molecular weight excluding hydrogens is 295 g/mol. The third-order valence-electron chi connectivity index (χ3n) is 2.12. The van der Waals surface area contributed by atoms with E-state index in [0.29, 0.717) is 5.82 Å². The third-order valence-corrected chi connectivity index (χ3v) is 4.26. The summed E-state index contributed by atoms with van der Waals surface area (Å²) in [5.74, 6) is -0.418. The van der Waals surface area contributed by atoms with Crippen LogP contribution in [0.4, 0.5) is 4.39 Å². The van der Waals surface area contributed by atoms with Crippen molar-refractivity contribution in [1.29, 1.82) is 0 Å². The first-order valence-corrected chi connectivity index (χ1v) is 6.12. The Morgan fingerprint density at radius 3 is 2.69 bits per heavy atom. The van der Waals surface area contributed by atoms with Crippen LogP contribution in [-0.4, -0.2) is 9.97 Å². The van der Waals surface area contributed by atoms with Gasteiger partial charge in [0.15, 0.2) is 5.82 Å². The van der Waals surface area contributed by atoms with Crippen LogP contribution in [0.5, 0.6) is 0 Å². The van der Waals surface area contributed by atoms with Gasteiger partial charge in [0.1, 0.15) is 0 Å². The van der Waals surface area contributed by atoms with E-state index in [1.165, 1.54) is 18.3 Å². The molecule has 3 nitrogen and oxygen atoms in total. The summed E-state index contributed by atoms with van der Waals surface area (Å²) >= 11 is 4.87. The quantitative estimate of drug-likeness (QED) is 0.880. The van der Waals surface area contributed by atoms with Crippen molar-refractivity contribution >= 4 is 27.3 Å². The van der Waals surface area contributed by atoms with Gasteiger partial charge in [-0.3, -0.25) is 4.79 Å². The van der Waals surface area contributed by atoms with Crippen LogP contribution in [0, 0.1) is 19.7 Å². The van der Waals surface area contributed by atoms with Crippen LogP contribution in [0.25, 0.3) is 10.7 Å². The van der Waals surface area contributed by atoms with E-state index in [0.717, 1.165) is 14.2 Å². The van der Waals surface area contributed by atoms with Gasteiger partial charge in [-0.2, -0.15) is 4.39 Å². The second-order valence-electron chi connectivity index (χ2n) is 3.33. The lowest BCUT2D eigenvalue weighted by atomic mass is 10.3. The fraction of sp³-hybridized carbons (Fsp3) is 0.200. The van der Waals surface area contributed by atoms with Gasteiger partial charge < -0.3 is 4.98 Å². The zero-order valence-electron chi connectivity index (χ0n) is 8.60. The van der Waals surface area contributed by atoms with Gasteiger partial charge in [-0.05, 0) is 35.8 Å². The topological polar surface area (TPSA) is 45.8 Å². The predicted molar refractivity (Wildman–Crippen MR) is 65.3 cm³/mol. The number of nitrogens with zero attached hydrogens (tertiary/aromatic N) is 1. The molecule has 0 bridgehead atoms. The zero-order valence-corrected chi connectivity index (χ0v) is 11.0. The number of aromatic amines is 1. The minimum absolute atomic E-state index is 0.112. The van der Waals surface area contributed by atoms with Gasteiger partial charge >= 0.3 is 0 Å². The highest BCUT2D eigenvalue weighted by Crippen LogP contribution is 2.31. The summed E-state index contributed by atoms with van der Waals surface area (Å²) in [5.41, 5.74) is -0.620. The summed E-state index contributed by atoms with van der Waals surface area (Å²) in [5, 5.41) is 0. The van der Waals surface area contributed by atoms with E-state index in [1.807, 2.05) is 13.0 Å². The van der Waals surface area contributed by atoms with Crippen LogP contribution >= 0.6 is 27.3 Å². The molecule has 0 aliphatic heterocycles. The molecule has 2 heterocycles. The van der Waals surface area contributed by atoms with Gasteiger partial charge in [0.25, 0.3) is 5.56 Å². The Kier molecular flexibility index (Phi) is 2.94. The first-order valence-electron chi connectivity index (χ1n) is 4.51. The molecule has 0 atom stereocenters. The molecule has 0 amide bonds. The molecule has 0 aliphatic carbocycles.